The van der Waals surface area contributed by atoms with Gasteiger partial charge in [-0.1, -0.05) is 11.6 Å². The third kappa shape index (κ3) is 2.42. The van der Waals surface area contributed by atoms with E-state index in [4.69, 9.17) is 4.52 Å². The molecule has 3 rings (SSSR count). The number of hydrogen-bond donors (Lipinski definition) is 1. The Bertz CT molecular complexity index is 519. The van der Waals surface area contributed by atoms with Gasteiger partial charge in [-0.25, -0.2) is 8.42 Å². The largest absolute Gasteiger partial charge is 0.339 e. The van der Waals surface area contributed by atoms with E-state index < -0.39 is 9.84 Å². The summed E-state index contributed by atoms with van der Waals surface area (Å²) >= 11 is 0. The highest BCUT2D eigenvalue weighted by Crippen LogP contribution is 2.29. The molecule has 0 aliphatic carbocycles. The Kier molecular flexibility index (Phi) is 3.11. The van der Waals surface area contributed by atoms with Gasteiger partial charge in [-0.15, -0.1) is 0 Å². The Morgan fingerprint density at radius 2 is 2.17 bits per heavy atom. The van der Waals surface area contributed by atoms with Crippen molar-refractivity contribution in [3.05, 3.63) is 11.7 Å². The zero-order valence-electron chi connectivity index (χ0n) is 10.1. The van der Waals surface area contributed by atoms with Gasteiger partial charge >= 0.3 is 0 Å². The van der Waals surface area contributed by atoms with E-state index >= 15 is 0 Å². The van der Waals surface area contributed by atoms with Gasteiger partial charge in [-0.05, 0) is 25.8 Å². The highest BCUT2D eigenvalue weighted by molar-refractivity contribution is 7.91. The summed E-state index contributed by atoms with van der Waals surface area (Å²) in [5.41, 5.74) is 0. The number of sulfone groups is 1. The Hall–Kier alpha value is -0.950. The normalized spacial score (nSPS) is 31.6. The summed E-state index contributed by atoms with van der Waals surface area (Å²) in [4.78, 5) is 4.38. The molecule has 0 aromatic carbocycles. The first kappa shape index (κ1) is 12.1. The van der Waals surface area contributed by atoms with E-state index in [1.54, 1.807) is 0 Å². The maximum Gasteiger partial charge on any atom is 0.230 e. The molecule has 0 saturated carbocycles. The van der Waals surface area contributed by atoms with E-state index in [2.05, 4.69) is 15.5 Å². The van der Waals surface area contributed by atoms with Crippen molar-refractivity contribution < 1.29 is 12.9 Å². The maximum atomic E-state index is 11.4. The van der Waals surface area contributed by atoms with Gasteiger partial charge in [-0.2, -0.15) is 4.98 Å². The van der Waals surface area contributed by atoms with Crippen LogP contribution < -0.4 is 5.32 Å². The van der Waals surface area contributed by atoms with Crippen LogP contribution in [0.25, 0.3) is 0 Å². The third-order valence-corrected chi connectivity index (χ3v) is 5.43. The molecule has 1 N–H and O–H groups in total. The first-order valence-corrected chi connectivity index (χ1v) is 8.23. The van der Waals surface area contributed by atoms with Crippen LogP contribution in [0.2, 0.25) is 0 Å². The van der Waals surface area contributed by atoms with Crippen molar-refractivity contribution in [1.82, 2.24) is 15.5 Å². The fourth-order valence-electron chi connectivity index (χ4n) is 2.62. The maximum absolute atomic E-state index is 11.4. The minimum atomic E-state index is -2.90. The van der Waals surface area contributed by atoms with Crippen LogP contribution in [-0.4, -0.2) is 36.6 Å². The monoisotopic (exact) mass is 271 g/mol. The number of aromatic nitrogens is 2. The van der Waals surface area contributed by atoms with Crippen LogP contribution in [0.3, 0.4) is 0 Å². The van der Waals surface area contributed by atoms with Gasteiger partial charge in [0.15, 0.2) is 15.7 Å². The van der Waals surface area contributed by atoms with Crippen molar-refractivity contribution in [2.24, 2.45) is 0 Å². The standard InChI is InChI=1S/C11H17N3O3S/c15-18(16)6-4-8(7-18)11-13-10(14-17-11)9-3-1-2-5-12-9/h8-9,12H,1-7H2. The topological polar surface area (TPSA) is 85.1 Å². The zero-order chi connectivity index (χ0) is 12.6. The molecular formula is C11H17N3O3S. The lowest BCUT2D eigenvalue weighted by molar-refractivity contribution is 0.339. The van der Waals surface area contributed by atoms with Gasteiger partial charge in [-0.3, -0.25) is 0 Å². The summed E-state index contributed by atoms with van der Waals surface area (Å²) < 4.78 is 28.1. The lowest BCUT2D eigenvalue weighted by atomic mass is 10.0. The molecule has 100 valence electrons. The van der Waals surface area contributed by atoms with Crippen LogP contribution in [0.15, 0.2) is 4.52 Å². The molecule has 2 saturated heterocycles. The molecule has 6 nitrogen and oxygen atoms in total. The van der Waals surface area contributed by atoms with Gasteiger partial charge in [0.05, 0.1) is 23.5 Å². The van der Waals surface area contributed by atoms with Crippen molar-refractivity contribution in [3.8, 4) is 0 Å². The molecule has 2 aliphatic rings. The van der Waals surface area contributed by atoms with E-state index in [0.29, 0.717) is 18.1 Å². The average molecular weight is 271 g/mol. The van der Waals surface area contributed by atoms with Crippen molar-refractivity contribution in [2.75, 3.05) is 18.1 Å². The molecule has 1 aromatic heterocycles. The SMILES string of the molecule is O=S1(=O)CCC(c2nc(C3CCCCN3)no2)C1. The summed E-state index contributed by atoms with van der Waals surface area (Å²) in [5.74, 6) is 1.43. The molecule has 0 radical (unpaired) electrons. The van der Waals surface area contributed by atoms with E-state index in [0.717, 1.165) is 13.0 Å². The zero-order valence-corrected chi connectivity index (χ0v) is 10.9. The van der Waals surface area contributed by atoms with Crippen LogP contribution in [0.4, 0.5) is 0 Å². The second-order valence-electron chi connectivity index (χ2n) is 5.09. The van der Waals surface area contributed by atoms with Crippen molar-refractivity contribution in [3.63, 3.8) is 0 Å². The number of nitrogens with one attached hydrogen (secondary N) is 1. The van der Waals surface area contributed by atoms with Crippen LogP contribution in [0.5, 0.6) is 0 Å². The molecule has 2 fully saturated rings. The predicted molar refractivity (Wildman–Crippen MR) is 64.9 cm³/mol. The Morgan fingerprint density at radius 3 is 2.83 bits per heavy atom. The van der Waals surface area contributed by atoms with Gasteiger partial charge in [0, 0.05) is 0 Å². The number of piperidine rings is 1. The van der Waals surface area contributed by atoms with Gasteiger partial charge in [0.1, 0.15) is 0 Å². The van der Waals surface area contributed by atoms with E-state index in [1.807, 2.05) is 0 Å². The van der Waals surface area contributed by atoms with Crippen molar-refractivity contribution in [2.45, 2.75) is 37.6 Å². The summed E-state index contributed by atoms with van der Waals surface area (Å²) in [5, 5.41) is 7.34. The van der Waals surface area contributed by atoms with E-state index in [1.165, 1.54) is 12.8 Å². The quantitative estimate of drug-likeness (QED) is 0.856. The molecule has 0 bridgehead atoms. The molecular weight excluding hydrogens is 254 g/mol. The Morgan fingerprint density at radius 1 is 1.28 bits per heavy atom. The van der Waals surface area contributed by atoms with Crippen LogP contribution in [0, 0.1) is 0 Å². The summed E-state index contributed by atoms with van der Waals surface area (Å²) in [6.45, 7) is 0.979. The lowest BCUT2D eigenvalue weighted by Crippen LogP contribution is -2.27. The number of rotatable bonds is 2. The fraction of sp³-hybridized carbons (Fsp3) is 0.818. The minimum Gasteiger partial charge on any atom is -0.339 e. The molecule has 2 unspecified atom stereocenters. The minimum absolute atomic E-state index is 0.111. The van der Waals surface area contributed by atoms with Crippen LogP contribution >= 0.6 is 0 Å². The van der Waals surface area contributed by atoms with Crippen molar-refractivity contribution in [1.29, 1.82) is 0 Å². The summed E-state index contributed by atoms with van der Waals surface area (Å²) in [6, 6.07) is 0.161. The Labute approximate surface area is 106 Å². The smallest absolute Gasteiger partial charge is 0.230 e. The summed E-state index contributed by atoms with van der Waals surface area (Å²) in [6.07, 6.45) is 3.96. The second kappa shape index (κ2) is 4.62. The van der Waals surface area contributed by atoms with Gasteiger partial charge in [0.2, 0.25) is 5.89 Å². The fourth-order valence-corrected chi connectivity index (χ4v) is 4.35. The molecule has 1 aromatic rings. The lowest BCUT2D eigenvalue weighted by Gasteiger charge is -2.19. The number of nitrogens with zero attached hydrogens (tertiary/aromatic N) is 2. The molecule has 3 heterocycles. The molecule has 0 spiro atoms. The first-order chi connectivity index (χ1) is 8.64. The number of hydrogen-bond acceptors (Lipinski definition) is 6. The highest BCUT2D eigenvalue weighted by Gasteiger charge is 2.33. The second-order valence-corrected chi connectivity index (χ2v) is 7.32. The van der Waals surface area contributed by atoms with Gasteiger partial charge in [0.25, 0.3) is 0 Å². The summed E-state index contributed by atoms with van der Waals surface area (Å²) in [7, 11) is -2.90. The van der Waals surface area contributed by atoms with Crippen LogP contribution in [-0.2, 0) is 9.84 Å². The molecule has 0 amide bonds. The van der Waals surface area contributed by atoms with Gasteiger partial charge < -0.3 is 9.84 Å². The highest BCUT2D eigenvalue weighted by atomic mass is 32.2. The van der Waals surface area contributed by atoms with E-state index in [-0.39, 0.29) is 23.5 Å². The molecule has 7 heteroatoms. The predicted octanol–water partition coefficient (Wildman–Crippen LogP) is 0.786. The Balaban J connectivity index is 1.73. The molecule has 2 atom stereocenters. The first-order valence-electron chi connectivity index (χ1n) is 6.41. The van der Waals surface area contributed by atoms with Crippen LogP contribution in [0.1, 0.15) is 49.4 Å². The molecule has 18 heavy (non-hydrogen) atoms. The third-order valence-electron chi connectivity index (χ3n) is 3.66. The average Bonchev–Trinajstić information content (AvgIpc) is 2.96. The van der Waals surface area contributed by atoms with Crippen molar-refractivity contribution >= 4 is 9.84 Å². The van der Waals surface area contributed by atoms with E-state index in [9.17, 15) is 8.42 Å². The molecule has 2 aliphatic heterocycles.